The molecule has 8 heteroatoms. The van der Waals surface area contributed by atoms with Gasteiger partial charge in [0.05, 0.1) is 6.54 Å². The number of anilines is 1. The van der Waals surface area contributed by atoms with Gasteiger partial charge in [-0.15, -0.1) is 0 Å². The Morgan fingerprint density at radius 3 is 2.60 bits per heavy atom. The number of hydrogen-bond acceptors (Lipinski definition) is 5. The Morgan fingerprint density at radius 2 is 2.04 bits per heavy atom. The molecule has 3 aromatic rings. The standard InChI is InChI=1S/C17H21N7O/c1-10(2)14-8-13(23-24(14)3)17(25)19-12-6-4-11(5-7-12)16-20-15(9-18)21-22-16/h4-8,10H,9,18H2,1-3H3,(H,19,25)(H,20,21,22). The summed E-state index contributed by atoms with van der Waals surface area (Å²) < 4.78 is 1.74. The molecule has 1 aromatic carbocycles. The molecule has 2 aromatic heterocycles. The van der Waals surface area contributed by atoms with Crippen molar-refractivity contribution in [1.82, 2.24) is 25.0 Å². The van der Waals surface area contributed by atoms with Crippen molar-refractivity contribution in [2.24, 2.45) is 12.8 Å². The highest BCUT2D eigenvalue weighted by molar-refractivity contribution is 6.03. The summed E-state index contributed by atoms with van der Waals surface area (Å²) in [7, 11) is 1.84. The highest BCUT2D eigenvalue weighted by Gasteiger charge is 2.15. The maximum Gasteiger partial charge on any atom is 0.276 e. The fraction of sp³-hybridized carbons (Fsp3) is 0.294. The predicted octanol–water partition coefficient (Wildman–Crippen LogP) is 2.04. The molecule has 0 saturated carbocycles. The third-order valence-electron chi connectivity index (χ3n) is 3.87. The van der Waals surface area contributed by atoms with Crippen molar-refractivity contribution in [3.05, 3.63) is 47.5 Å². The van der Waals surface area contributed by atoms with E-state index < -0.39 is 0 Å². The SMILES string of the molecule is CC(C)c1cc(C(=O)Nc2ccc(-c3n[nH]c(CN)n3)cc2)nn1C. The van der Waals surface area contributed by atoms with Crippen LogP contribution >= 0.6 is 0 Å². The summed E-state index contributed by atoms with van der Waals surface area (Å²) >= 11 is 0. The molecule has 0 aliphatic rings. The Kier molecular flexibility index (Phi) is 4.62. The fourth-order valence-electron chi connectivity index (χ4n) is 2.55. The van der Waals surface area contributed by atoms with Gasteiger partial charge in [-0.2, -0.15) is 10.2 Å². The normalized spacial score (nSPS) is 11.1. The Hall–Kier alpha value is -3.00. The molecule has 8 nitrogen and oxygen atoms in total. The van der Waals surface area contributed by atoms with E-state index >= 15 is 0 Å². The number of nitrogens with two attached hydrogens (primary N) is 1. The first-order valence-electron chi connectivity index (χ1n) is 8.05. The molecule has 2 heterocycles. The maximum absolute atomic E-state index is 12.4. The lowest BCUT2D eigenvalue weighted by Gasteiger charge is -2.03. The summed E-state index contributed by atoms with van der Waals surface area (Å²) in [5.41, 5.74) is 8.45. The van der Waals surface area contributed by atoms with E-state index in [-0.39, 0.29) is 5.91 Å². The van der Waals surface area contributed by atoms with Gasteiger partial charge in [-0.25, -0.2) is 4.98 Å². The second kappa shape index (κ2) is 6.86. The molecule has 0 unspecified atom stereocenters. The minimum atomic E-state index is -0.237. The lowest BCUT2D eigenvalue weighted by molar-refractivity contribution is 0.102. The zero-order chi connectivity index (χ0) is 18.0. The van der Waals surface area contributed by atoms with Gasteiger partial charge < -0.3 is 11.1 Å². The summed E-state index contributed by atoms with van der Waals surface area (Å²) in [5.74, 6) is 1.27. The second-order valence-electron chi connectivity index (χ2n) is 6.07. The van der Waals surface area contributed by atoms with E-state index in [9.17, 15) is 4.79 Å². The first-order chi connectivity index (χ1) is 12.0. The number of carbonyl (C=O) groups excluding carboxylic acids is 1. The molecule has 0 radical (unpaired) electrons. The lowest BCUT2D eigenvalue weighted by atomic mass is 10.1. The van der Waals surface area contributed by atoms with Crippen LogP contribution in [0.25, 0.3) is 11.4 Å². The summed E-state index contributed by atoms with van der Waals surface area (Å²) in [5, 5.41) is 14.0. The molecule has 1 amide bonds. The predicted molar refractivity (Wildman–Crippen MR) is 95.0 cm³/mol. The minimum absolute atomic E-state index is 0.237. The van der Waals surface area contributed by atoms with Crippen molar-refractivity contribution < 1.29 is 4.79 Å². The number of aryl methyl sites for hydroxylation is 1. The molecule has 0 spiro atoms. The summed E-state index contributed by atoms with van der Waals surface area (Å²) in [6, 6.07) is 9.11. The van der Waals surface area contributed by atoms with Crippen molar-refractivity contribution in [2.75, 3.05) is 5.32 Å². The van der Waals surface area contributed by atoms with E-state index in [0.717, 1.165) is 11.3 Å². The van der Waals surface area contributed by atoms with Crippen LogP contribution in [0.3, 0.4) is 0 Å². The number of carbonyl (C=O) groups is 1. The molecule has 0 bridgehead atoms. The number of nitrogens with zero attached hydrogens (tertiary/aromatic N) is 4. The number of aromatic nitrogens is 5. The highest BCUT2D eigenvalue weighted by Crippen LogP contribution is 2.19. The molecular weight excluding hydrogens is 318 g/mol. The summed E-state index contributed by atoms with van der Waals surface area (Å²) in [6.45, 7) is 4.44. The van der Waals surface area contributed by atoms with E-state index in [0.29, 0.717) is 35.5 Å². The second-order valence-corrected chi connectivity index (χ2v) is 6.07. The zero-order valence-corrected chi connectivity index (χ0v) is 14.4. The molecule has 0 atom stereocenters. The quantitative estimate of drug-likeness (QED) is 0.658. The van der Waals surface area contributed by atoms with Crippen molar-refractivity contribution >= 4 is 11.6 Å². The fourth-order valence-corrected chi connectivity index (χ4v) is 2.55. The van der Waals surface area contributed by atoms with Crippen LogP contribution in [0.5, 0.6) is 0 Å². The van der Waals surface area contributed by atoms with E-state index in [1.54, 1.807) is 16.8 Å². The molecule has 0 fully saturated rings. The topological polar surface area (TPSA) is 115 Å². The number of hydrogen-bond donors (Lipinski definition) is 3. The van der Waals surface area contributed by atoms with Gasteiger partial charge >= 0.3 is 0 Å². The monoisotopic (exact) mass is 339 g/mol. The van der Waals surface area contributed by atoms with Gasteiger partial charge in [0.1, 0.15) is 5.82 Å². The average molecular weight is 339 g/mol. The highest BCUT2D eigenvalue weighted by atomic mass is 16.1. The number of H-pyrrole nitrogens is 1. The lowest BCUT2D eigenvalue weighted by Crippen LogP contribution is -2.12. The maximum atomic E-state index is 12.4. The average Bonchev–Trinajstić information content (AvgIpc) is 3.22. The Bertz CT molecular complexity index is 877. The van der Waals surface area contributed by atoms with E-state index in [4.69, 9.17) is 5.73 Å². The van der Waals surface area contributed by atoms with Crippen LogP contribution in [-0.2, 0) is 13.6 Å². The van der Waals surface area contributed by atoms with Gasteiger partial charge in [0.15, 0.2) is 11.5 Å². The van der Waals surface area contributed by atoms with Crippen LogP contribution in [0.2, 0.25) is 0 Å². The van der Waals surface area contributed by atoms with Crippen LogP contribution in [0.15, 0.2) is 30.3 Å². The molecule has 0 aliphatic heterocycles. The molecule has 0 aliphatic carbocycles. The third-order valence-corrected chi connectivity index (χ3v) is 3.87. The van der Waals surface area contributed by atoms with Crippen LogP contribution < -0.4 is 11.1 Å². The number of nitrogens with one attached hydrogen (secondary N) is 2. The Labute approximate surface area is 145 Å². The van der Waals surface area contributed by atoms with Gasteiger partial charge in [-0.1, -0.05) is 13.8 Å². The minimum Gasteiger partial charge on any atom is -0.324 e. The van der Waals surface area contributed by atoms with Gasteiger partial charge in [-0.3, -0.25) is 14.6 Å². The Balaban J connectivity index is 1.72. The smallest absolute Gasteiger partial charge is 0.276 e. The van der Waals surface area contributed by atoms with Crippen molar-refractivity contribution in [3.8, 4) is 11.4 Å². The zero-order valence-electron chi connectivity index (χ0n) is 14.4. The molecule has 130 valence electrons. The van der Waals surface area contributed by atoms with Crippen LogP contribution in [0.1, 0.15) is 41.8 Å². The molecule has 25 heavy (non-hydrogen) atoms. The molecule has 0 saturated heterocycles. The number of benzene rings is 1. The first kappa shape index (κ1) is 16.8. The largest absolute Gasteiger partial charge is 0.324 e. The van der Waals surface area contributed by atoms with E-state index in [2.05, 4.69) is 39.4 Å². The van der Waals surface area contributed by atoms with Gasteiger partial charge in [0.25, 0.3) is 5.91 Å². The number of rotatable bonds is 5. The number of aromatic amines is 1. The van der Waals surface area contributed by atoms with Crippen LogP contribution in [-0.4, -0.2) is 30.9 Å². The van der Waals surface area contributed by atoms with Gasteiger partial charge in [0, 0.05) is 24.0 Å². The van der Waals surface area contributed by atoms with E-state index in [1.807, 2.05) is 25.2 Å². The molecule has 3 rings (SSSR count). The number of amides is 1. The first-order valence-corrected chi connectivity index (χ1v) is 8.05. The molecular formula is C17H21N7O. The third kappa shape index (κ3) is 3.58. The summed E-state index contributed by atoms with van der Waals surface area (Å²) in [6.07, 6.45) is 0. The van der Waals surface area contributed by atoms with Crippen LogP contribution in [0, 0.1) is 0 Å². The van der Waals surface area contributed by atoms with Crippen molar-refractivity contribution in [1.29, 1.82) is 0 Å². The van der Waals surface area contributed by atoms with Gasteiger partial charge in [0.2, 0.25) is 0 Å². The van der Waals surface area contributed by atoms with Crippen LogP contribution in [0.4, 0.5) is 5.69 Å². The summed E-state index contributed by atoms with van der Waals surface area (Å²) in [4.78, 5) is 16.6. The van der Waals surface area contributed by atoms with E-state index in [1.165, 1.54) is 0 Å². The van der Waals surface area contributed by atoms with Crippen molar-refractivity contribution in [2.45, 2.75) is 26.3 Å². The van der Waals surface area contributed by atoms with Gasteiger partial charge in [-0.05, 0) is 36.2 Å². The van der Waals surface area contributed by atoms with Crippen molar-refractivity contribution in [3.63, 3.8) is 0 Å². The molecule has 4 N–H and O–H groups in total. The Morgan fingerprint density at radius 1 is 1.32 bits per heavy atom.